The summed E-state index contributed by atoms with van der Waals surface area (Å²) >= 11 is 0. The van der Waals surface area contributed by atoms with Crippen LogP contribution in [0.5, 0.6) is 5.75 Å². The molecule has 0 N–H and O–H groups in total. The Morgan fingerprint density at radius 3 is 2.42 bits per heavy atom. The number of fused-ring (bicyclic) bond motifs is 1. The van der Waals surface area contributed by atoms with Crippen LogP contribution in [0.2, 0.25) is 0 Å². The molecule has 0 aromatic heterocycles. The van der Waals surface area contributed by atoms with Gasteiger partial charge in [-0.3, -0.25) is 0 Å². The van der Waals surface area contributed by atoms with Gasteiger partial charge in [0.15, 0.2) is 0 Å². The van der Waals surface area contributed by atoms with Crippen LogP contribution in [0.15, 0.2) is 18.2 Å². The van der Waals surface area contributed by atoms with Crippen LogP contribution in [0.1, 0.15) is 76.2 Å². The monoisotopic (exact) mass is 428 g/mol. The number of hydrogen-bond acceptors (Lipinski definition) is 1. The summed E-state index contributed by atoms with van der Waals surface area (Å²) in [6, 6.07) is 4.99. The van der Waals surface area contributed by atoms with E-state index in [4.69, 9.17) is 4.74 Å². The first-order chi connectivity index (χ1) is 12.3. The van der Waals surface area contributed by atoms with Gasteiger partial charge in [0, 0.05) is 6.07 Å². The molecule has 1 aromatic carbocycles. The molecule has 2 aliphatic carbocycles. The van der Waals surface area contributed by atoms with Gasteiger partial charge in [-0.05, 0) is 67.9 Å². The van der Waals surface area contributed by atoms with Crippen molar-refractivity contribution in [2.75, 3.05) is 0 Å². The van der Waals surface area contributed by atoms with Gasteiger partial charge in [-0.1, -0.05) is 31.7 Å². The summed E-state index contributed by atoms with van der Waals surface area (Å²) in [6.07, 6.45) is 18.7. The fourth-order valence-corrected chi connectivity index (χ4v) is 5.40. The molecule has 1 unspecified atom stereocenters. The van der Waals surface area contributed by atoms with E-state index >= 15 is 0 Å². The Balaban J connectivity index is 0.00000196. The predicted octanol–water partition coefficient (Wildman–Crippen LogP) is 3.50. The second-order valence-corrected chi connectivity index (χ2v) is 8.59. The van der Waals surface area contributed by atoms with Crippen molar-refractivity contribution in [1.82, 2.24) is 0 Å². The molecule has 3 aliphatic rings. The topological polar surface area (TPSA) is 9.23 Å². The molecule has 1 atom stereocenters. The molecule has 1 nitrogen and oxygen atoms in total. The van der Waals surface area contributed by atoms with E-state index < -0.39 is 0 Å². The molecule has 26 heavy (non-hydrogen) atoms. The minimum atomic E-state index is -0.182. The number of ether oxygens (including phenoxy) is 1. The van der Waals surface area contributed by atoms with Crippen LogP contribution in [0, 0.1) is 30.0 Å². The van der Waals surface area contributed by atoms with Crippen molar-refractivity contribution in [2.45, 2.75) is 83.2 Å². The first-order valence-corrected chi connectivity index (χ1v) is 10.5. The third-order valence-corrected chi connectivity index (χ3v) is 7.00. The molecular formula is C23H32FORb. The van der Waals surface area contributed by atoms with E-state index in [2.05, 4.69) is 6.42 Å². The molecule has 2 fully saturated rings. The van der Waals surface area contributed by atoms with Crippen LogP contribution in [-0.4, -0.2) is 6.10 Å². The number of halogens is 1. The van der Waals surface area contributed by atoms with Crippen molar-refractivity contribution in [3.8, 4) is 5.75 Å². The Bertz CT molecular complexity index is 561. The summed E-state index contributed by atoms with van der Waals surface area (Å²) in [5, 5.41) is 0. The number of hydrogen-bond donors (Lipinski definition) is 0. The minimum Gasteiger partial charge on any atom is -0.490 e. The van der Waals surface area contributed by atoms with E-state index in [0.29, 0.717) is 6.10 Å². The number of aryl methyl sites for hydroxylation is 1. The largest absolute Gasteiger partial charge is 1.00 e. The zero-order valence-corrected chi connectivity index (χ0v) is 21.3. The standard InChI is InChI=1S/C23H32FO.Rb/c24-21-13-11-20-12-15-22(25-23(20)16-21)14-8-17-6-9-19(10-7-17)18-4-2-1-3-5-18;/h1,11,13,16-19,22H,2-10,12,14-15H2;/q-1;+1. The normalized spacial score (nSPS) is 29.3. The van der Waals surface area contributed by atoms with Crippen LogP contribution in [0.3, 0.4) is 0 Å². The molecule has 1 aliphatic heterocycles. The predicted molar refractivity (Wildman–Crippen MR) is 100 cm³/mol. The van der Waals surface area contributed by atoms with Gasteiger partial charge >= 0.3 is 58.2 Å². The molecule has 3 heteroatoms. The summed E-state index contributed by atoms with van der Waals surface area (Å²) in [6.45, 7) is 0. The Hall–Kier alpha value is 0.755. The van der Waals surface area contributed by atoms with Gasteiger partial charge in [0.2, 0.25) is 0 Å². The van der Waals surface area contributed by atoms with Gasteiger partial charge in [-0.2, -0.15) is 12.8 Å². The van der Waals surface area contributed by atoms with Crippen LogP contribution in [-0.2, 0) is 6.42 Å². The first-order valence-electron chi connectivity index (χ1n) is 10.5. The SMILES string of the molecule is Fc1ccc2c(c1)OC(CCC1CCC(C3CC[CH-]CC3)CC1)CC2.[Rb+]. The third-order valence-electron chi connectivity index (χ3n) is 7.00. The average molecular weight is 429 g/mol. The van der Waals surface area contributed by atoms with E-state index in [1.807, 2.05) is 6.07 Å². The summed E-state index contributed by atoms with van der Waals surface area (Å²) in [5.74, 6) is 3.51. The molecule has 0 bridgehead atoms. The molecule has 0 radical (unpaired) electrons. The first kappa shape index (κ1) is 21.5. The van der Waals surface area contributed by atoms with Crippen LogP contribution in [0.4, 0.5) is 4.39 Å². The molecular weight excluding hydrogens is 397 g/mol. The maximum absolute atomic E-state index is 13.4. The minimum absolute atomic E-state index is 0. The van der Waals surface area contributed by atoms with Crippen molar-refractivity contribution >= 4 is 0 Å². The number of benzene rings is 1. The van der Waals surface area contributed by atoms with Gasteiger partial charge in [0.05, 0.1) is 6.10 Å². The van der Waals surface area contributed by atoms with E-state index in [1.54, 1.807) is 12.1 Å². The van der Waals surface area contributed by atoms with E-state index in [9.17, 15) is 4.39 Å². The van der Waals surface area contributed by atoms with Gasteiger partial charge in [-0.25, -0.2) is 4.39 Å². The quantitative estimate of drug-likeness (QED) is 0.667. The molecule has 0 amide bonds. The Kier molecular flexibility index (Phi) is 8.68. The van der Waals surface area contributed by atoms with Crippen LogP contribution < -0.4 is 62.9 Å². The van der Waals surface area contributed by atoms with Crippen molar-refractivity contribution in [2.24, 2.45) is 17.8 Å². The fourth-order valence-electron chi connectivity index (χ4n) is 5.40. The zero-order valence-electron chi connectivity index (χ0n) is 16.4. The Morgan fingerprint density at radius 1 is 0.923 bits per heavy atom. The molecule has 138 valence electrons. The molecule has 1 heterocycles. The maximum Gasteiger partial charge on any atom is 1.00 e. The van der Waals surface area contributed by atoms with Crippen LogP contribution >= 0.6 is 0 Å². The van der Waals surface area contributed by atoms with Crippen LogP contribution in [0.25, 0.3) is 0 Å². The van der Waals surface area contributed by atoms with E-state index in [1.165, 1.54) is 63.4 Å². The average Bonchev–Trinajstić information content (AvgIpc) is 2.67. The third kappa shape index (κ3) is 5.64. The zero-order chi connectivity index (χ0) is 17.1. The maximum atomic E-state index is 13.4. The molecule has 0 spiro atoms. The van der Waals surface area contributed by atoms with Crippen molar-refractivity contribution in [3.63, 3.8) is 0 Å². The summed E-state index contributed by atoms with van der Waals surface area (Å²) < 4.78 is 19.5. The summed E-state index contributed by atoms with van der Waals surface area (Å²) in [7, 11) is 0. The van der Waals surface area contributed by atoms with Crippen molar-refractivity contribution < 1.29 is 67.3 Å². The smallest absolute Gasteiger partial charge is 0.490 e. The molecule has 0 saturated heterocycles. The molecule has 2 saturated carbocycles. The summed E-state index contributed by atoms with van der Waals surface area (Å²) in [5.41, 5.74) is 1.17. The van der Waals surface area contributed by atoms with Gasteiger partial charge in [-0.15, -0.1) is 0 Å². The number of rotatable bonds is 4. The van der Waals surface area contributed by atoms with E-state index in [-0.39, 0.29) is 64.0 Å². The Morgan fingerprint density at radius 2 is 1.65 bits per heavy atom. The fraction of sp³-hybridized carbons (Fsp3) is 0.696. The second-order valence-electron chi connectivity index (χ2n) is 8.59. The van der Waals surface area contributed by atoms with Gasteiger partial charge in [0.25, 0.3) is 0 Å². The second kappa shape index (κ2) is 10.5. The van der Waals surface area contributed by atoms with Gasteiger partial charge < -0.3 is 11.2 Å². The molecule has 1 aromatic rings. The molecule has 4 rings (SSSR count). The van der Waals surface area contributed by atoms with E-state index in [0.717, 1.165) is 42.8 Å². The van der Waals surface area contributed by atoms with Crippen molar-refractivity contribution in [1.29, 1.82) is 0 Å². The van der Waals surface area contributed by atoms with Crippen molar-refractivity contribution in [3.05, 3.63) is 36.0 Å². The Labute approximate surface area is 207 Å². The van der Waals surface area contributed by atoms with Gasteiger partial charge in [0.1, 0.15) is 11.6 Å². The summed E-state index contributed by atoms with van der Waals surface area (Å²) in [4.78, 5) is 0.